The number of ether oxygens (including phenoxy) is 1. The van der Waals surface area contributed by atoms with Crippen molar-refractivity contribution in [2.45, 2.75) is 6.43 Å². The average Bonchev–Trinajstić information content (AvgIpc) is 2.28. The highest BCUT2D eigenvalue weighted by Gasteiger charge is 2.09. The van der Waals surface area contributed by atoms with Crippen molar-refractivity contribution in [2.24, 2.45) is 0 Å². The second kappa shape index (κ2) is 6.74. The SMILES string of the molecule is O=C(O)c1cccnc1NCCOCC(F)F. The van der Waals surface area contributed by atoms with Crippen LogP contribution in [0.3, 0.4) is 0 Å². The molecule has 1 aromatic rings. The highest BCUT2D eigenvalue weighted by Crippen LogP contribution is 2.10. The van der Waals surface area contributed by atoms with Gasteiger partial charge >= 0.3 is 5.97 Å². The summed E-state index contributed by atoms with van der Waals surface area (Å²) in [6.07, 6.45) is -1.06. The molecule has 0 bridgehead atoms. The van der Waals surface area contributed by atoms with E-state index in [-0.39, 0.29) is 24.5 Å². The van der Waals surface area contributed by atoms with E-state index in [0.29, 0.717) is 0 Å². The maximum atomic E-state index is 11.7. The van der Waals surface area contributed by atoms with Crippen LogP contribution in [0, 0.1) is 0 Å². The van der Waals surface area contributed by atoms with Gasteiger partial charge in [0.2, 0.25) is 0 Å². The van der Waals surface area contributed by atoms with Crippen LogP contribution in [0.25, 0.3) is 0 Å². The molecule has 0 aromatic carbocycles. The number of carbonyl (C=O) groups is 1. The summed E-state index contributed by atoms with van der Waals surface area (Å²) < 4.78 is 28.1. The van der Waals surface area contributed by atoms with Crippen LogP contribution >= 0.6 is 0 Å². The van der Waals surface area contributed by atoms with Crippen molar-refractivity contribution in [1.29, 1.82) is 0 Å². The predicted octanol–water partition coefficient (Wildman–Crippen LogP) is 1.47. The first kappa shape index (κ1) is 13.3. The Morgan fingerprint density at radius 1 is 1.59 bits per heavy atom. The Morgan fingerprint density at radius 3 is 3.00 bits per heavy atom. The first-order valence-corrected chi connectivity index (χ1v) is 4.89. The Bertz CT molecular complexity index is 374. The molecule has 0 amide bonds. The fourth-order valence-corrected chi connectivity index (χ4v) is 1.13. The van der Waals surface area contributed by atoms with Crippen molar-refractivity contribution in [2.75, 3.05) is 25.1 Å². The van der Waals surface area contributed by atoms with E-state index in [0.717, 1.165) is 0 Å². The van der Waals surface area contributed by atoms with Gasteiger partial charge in [-0.1, -0.05) is 0 Å². The fourth-order valence-electron chi connectivity index (χ4n) is 1.13. The quantitative estimate of drug-likeness (QED) is 0.713. The number of carboxylic acid groups (broad SMARTS) is 1. The van der Waals surface area contributed by atoms with E-state index < -0.39 is 19.0 Å². The molecule has 0 radical (unpaired) electrons. The number of anilines is 1. The van der Waals surface area contributed by atoms with Crippen molar-refractivity contribution in [3.05, 3.63) is 23.9 Å². The van der Waals surface area contributed by atoms with Crippen LogP contribution in [0.1, 0.15) is 10.4 Å². The molecule has 0 aliphatic carbocycles. The van der Waals surface area contributed by atoms with Gasteiger partial charge in [0.15, 0.2) is 0 Å². The molecule has 0 aliphatic heterocycles. The molecule has 0 saturated carbocycles. The van der Waals surface area contributed by atoms with Gasteiger partial charge in [0, 0.05) is 12.7 Å². The number of aromatic nitrogens is 1. The molecule has 17 heavy (non-hydrogen) atoms. The van der Waals surface area contributed by atoms with Gasteiger partial charge < -0.3 is 15.2 Å². The number of carboxylic acids is 1. The van der Waals surface area contributed by atoms with E-state index in [9.17, 15) is 13.6 Å². The Balaban J connectivity index is 2.39. The van der Waals surface area contributed by atoms with Crippen molar-refractivity contribution in [3.63, 3.8) is 0 Å². The zero-order valence-electron chi connectivity index (χ0n) is 8.90. The monoisotopic (exact) mass is 246 g/mol. The lowest BCUT2D eigenvalue weighted by molar-refractivity contribution is 0.0215. The molecule has 1 heterocycles. The molecule has 0 spiro atoms. The van der Waals surface area contributed by atoms with Gasteiger partial charge in [-0.2, -0.15) is 0 Å². The number of alkyl halides is 2. The second-order valence-corrected chi connectivity index (χ2v) is 3.10. The first-order valence-electron chi connectivity index (χ1n) is 4.89. The molecule has 2 N–H and O–H groups in total. The van der Waals surface area contributed by atoms with Gasteiger partial charge in [-0.05, 0) is 12.1 Å². The largest absolute Gasteiger partial charge is 0.478 e. The van der Waals surface area contributed by atoms with Crippen molar-refractivity contribution < 1.29 is 23.4 Å². The number of pyridine rings is 1. The summed E-state index contributed by atoms with van der Waals surface area (Å²) in [4.78, 5) is 14.6. The topological polar surface area (TPSA) is 71.5 Å². The van der Waals surface area contributed by atoms with Crippen LogP contribution in [0.15, 0.2) is 18.3 Å². The number of nitrogens with zero attached hydrogens (tertiary/aromatic N) is 1. The van der Waals surface area contributed by atoms with Gasteiger partial charge in [-0.25, -0.2) is 18.6 Å². The Morgan fingerprint density at radius 2 is 2.35 bits per heavy atom. The summed E-state index contributed by atoms with van der Waals surface area (Å²) in [5.41, 5.74) is 0.0290. The standard InChI is InChI=1S/C10H12F2N2O3/c11-8(12)6-17-5-4-14-9-7(10(15)16)2-1-3-13-9/h1-3,8H,4-6H2,(H,13,14)(H,15,16). The number of aromatic carboxylic acids is 1. The van der Waals surface area contributed by atoms with Crippen LogP contribution in [-0.2, 0) is 4.74 Å². The van der Waals surface area contributed by atoms with Gasteiger partial charge in [-0.15, -0.1) is 0 Å². The average molecular weight is 246 g/mol. The van der Waals surface area contributed by atoms with Crippen LogP contribution in [0.2, 0.25) is 0 Å². The molecular formula is C10H12F2N2O3. The van der Waals surface area contributed by atoms with E-state index in [1.165, 1.54) is 18.3 Å². The number of nitrogens with one attached hydrogen (secondary N) is 1. The molecule has 0 unspecified atom stereocenters. The number of halogens is 2. The van der Waals surface area contributed by atoms with Gasteiger partial charge in [0.25, 0.3) is 6.43 Å². The number of rotatable bonds is 7. The van der Waals surface area contributed by atoms with Crippen LogP contribution in [0.5, 0.6) is 0 Å². The molecular weight excluding hydrogens is 234 g/mol. The third-order valence-corrected chi connectivity index (χ3v) is 1.82. The highest BCUT2D eigenvalue weighted by molar-refractivity contribution is 5.92. The molecule has 0 atom stereocenters. The van der Waals surface area contributed by atoms with Gasteiger partial charge in [0.1, 0.15) is 18.0 Å². The van der Waals surface area contributed by atoms with Crippen LogP contribution in [0.4, 0.5) is 14.6 Å². The van der Waals surface area contributed by atoms with Crippen molar-refractivity contribution >= 4 is 11.8 Å². The Hall–Kier alpha value is -1.76. The van der Waals surface area contributed by atoms with Crippen molar-refractivity contribution in [1.82, 2.24) is 4.98 Å². The summed E-state index contributed by atoms with van der Waals surface area (Å²) in [6, 6.07) is 2.90. The van der Waals surface area contributed by atoms with E-state index in [2.05, 4.69) is 15.0 Å². The third-order valence-electron chi connectivity index (χ3n) is 1.82. The van der Waals surface area contributed by atoms with Gasteiger partial charge in [0.05, 0.1) is 6.61 Å². The van der Waals surface area contributed by atoms with Crippen LogP contribution < -0.4 is 5.32 Å². The predicted molar refractivity (Wildman–Crippen MR) is 56.5 cm³/mol. The molecule has 5 nitrogen and oxygen atoms in total. The lowest BCUT2D eigenvalue weighted by Gasteiger charge is -2.08. The summed E-state index contributed by atoms with van der Waals surface area (Å²) in [7, 11) is 0. The summed E-state index contributed by atoms with van der Waals surface area (Å²) in [5, 5.41) is 11.5. The second-order valence-electron chi connectivity index (χ2n) is 3.10. The van der Waals surface area contributed by atoms with E-state index in [1.807, 2.05) is 0 Å². The molecule has 1 rings (SSSR count). The molecule has 1 aromatic heterocycles. The van der Waals surface area contributed by atoms with Gasteiger partial charge in [-0.3, -0.25) is 0 Å². The Kier molecular flexibility index (Phi) is 5.28. The first-order chi connectivity index (χ1) is 8.11. The minimum atomic E-state index is -2.50. The summed E-state index contributed by atoms with van der Waals surface area (Å²) in [6.45, 7) is -0.361. The fraction of sp³-hybridized carbons (Fsp3) is 0.400. The molecule has 94 valence electrons. The lowest BCUT2D eigenvalue weighted by Crippen LogP contribution is -2.15. The Labute approximate surface area is 96.4 Å². The summed E-state index contributed by atoms with van der Waals surface area (Å²) in [5.74, 6) is -0.908. The molecule has 0 aliphatic rings. The molecule has 0 fully saturated rings. The molecule has 7 heteroatoms. The minimum absolute atomic E-state index is 0.0290. The third kappa shape index (κ3) is 4.73. The maximum Gasteiger partial charge on any atom is 0.339 e. The van der Waals surface area contributed by atoms with E-state index in [1.54, 1.807) is 0 Å². The minimum Gasteiger partial charge on any atom is -0.478 e. The maximum absolute atomic E-state index is 11.7. The van der Waals surface area contributed by atoms with E-state index >= 15 is 0 Å². The zero-order chi connectivity index (χ0) is 12.7. The summed E-state index contributed by atoms with van der Waals surface area (Å²) >= 11 is 0. The highest BCUT2D eigenvalue weighted by atomic mass is 19.3. The smallest absolute Gasteiger partial charge is 0.339 e. The number of hydrogen-bond donors (Lipinski definition) is 2. The van der Waals surface area contributed by atoms with Crippen molar-refractivity contribution in [3.8, 4) is 0 Å². The van der Waals surface area contributed by atoms with E-state index in [4.69, 9.17) is 5.11 Å². The number of hydrogen-bond acceptors (Lipinski definition) is 4. The van der Waals surface area contributed by atoms with Crippen LogP contribution in [-0.4, -0.2) is 42.2 Å². The zero-order valence-corrected chi connectivity index (χ0v) is 8.90. The lowest BCUT2D eigenvalue weighted by atomic mass is 10.2. The normalized spacial score (nSPS) is 10.5. The molecule has 0 saturated heterocycles.